The van der Waals surface area contributed by atoms with Gasteiger partial charge in [0.1, 0.15) is 0 Å². The number of hydrogen-bond donors (Lipinski definition) is 0. The molecule has 2 N–H and O–H groups in total. The van der Waals surface area contributed by atoms with Gasteiger partial charge in [0, 0.05) is 12.4 Å². The molecule has 2 rings (SSSR count). The van der Waals surface area contributed by atoms with E-state index in [9.17, 15) is 0 Å². The fraction of sp³-hybridized carbons (Fsp3) is 0.200. The molecular weight excluding hydrogens is 371 g/mol. The molecule has 0 radical (unpaired) electrons. The molecule has 15 heavy (non-hydrogen) atoms. The largest absolute Gasteiger partial charge is 2.00 e. The van der Waals surface area contributed by atoms with E-state index in [-0.39, 0.29) is 34.2 Å². The molecule has 0 aliphatic carbocycles. The smallest absolute Gasteiger partial charge is 0.679 e. The molecule has 1 heterocycles. The van der Waals surface area contributed by atoms with Crippen LogP contribution in [0, 0.1) is 0 Å². The van der Waals surface area contributed by atoms with Crippen molar-refractivity contribution in [2.45, 2.75) is 0 Å². The van der Waals surface area contributed by atoms with Gasteiger partial charge in [0.15, 0.2) is 0 Å². The van der Waals surface area contributed by atoms with E-state index in [4.69, 9.17) is 11.5 Å². The van der Waals surface area contributed by atoms with Gasteiger partial charge in [0.25, 0.3) is 0 Å². The predicted octanol–water partition coefficient (Wildman–Crippen LogP) is 2.72. The van der Waals surface area contributed by atoms with Crippen LogP contribution in [-0.4, -0.2) is 23.1 Å². The van der Waals surface area contributed by atoms with Crippen LogP contribution in [-0.2, 0) is 21.1 Å². The summed E-state index contributed by atoms with van der Waals surface area (Å²) in [7, 11) is 0. The second kappa shape index (κ2) is 8.47. The summed E-state index contributed by atoms with van der Waals surface area (Å²) in [5, 5.41) is 0. The van der Waals surface area contributed by atoms with E-state index in [0.717, 1.165) is 11.0 Å². The van der Waals surface area contributed by atoms with Gasteiger partial charge in [-0.1, -0.05) is 12.1 Å². The van der Waals surface area contributed by atoms with Gasteiger partial charge in [-0.3, -0.25) is 9.97 Å². The summed E-state index contributed by atoms with van der Waals surface area (Å²) in [5.74, 6) is 0. The molecule has 0 saturated carbocycles. The third kappa shape index (κ3) is 4.98. The van der Waals surface area contributed by atoms with Gasteiger partial charge in [0.2, 0.25) is 0 Å². The zero-order chi connectivity index (χ0) is 10.2. The van der Waals surface area contributed by atoms with Crippen molar-refractivity contribution in [2.75, 3.05) is 13.1 Å². The molecule has 0 unspecified atom stereocenters. The Morgan fingerprint density at radius 3 is 1.60 bits per heavy atom. The van der Waals surface area contributed by atoms with Crippen molar-refractivity contribution in [3.63, 3.8) is 0 Å². The third-order valence-corrected chi connectivity index (χ3v) is 1.50. The molecule has 1 aromatic carbocycles. The monoisotopic (exact) mass is 383 g/mol. The summed E-state index contributed by atoms with van der Waals surface area (Å²) in [6.07, 6.45) is 3.39. The van der Waals surface area contributed by atoms with Crippen LogP contribution in [0.25, 0.3) is 22.5 Å². The van der Waals surface area contributed by atoms with Crippen LogP contribution in [0.4, 0.5) is 0 Å². The molecule has 0 spiro atoms. The maximum absolute atomic E-state index is 6.26. The Morgan fingerprint density at radius 2 is 1.27 bits per heavy atom. The number of nitrogens with zero attached hydrogens (tertiary/aromatic N) is 2. The number of para-hydroxylation sites is 2. The summed E-state index contributed by atoms with van der Waals surface area (Å²) in [6, 6.07) is 7.80. The number of benzene rings is 1. The van der Waals surface area contributed by atoms with Gasteiger partial charge in [-0.05, 0) is 12.1 Å². The number of rotatable bonds is 1. The quantitative estimate of drug-likeness (QED) is 0.760. The first-order valence-corrected chi connectivity index (χ1v) is 4.33. The Kier molecular flexibility index (Phi) is 8.00. The first-order chi connectivity index (χ1) is 6.88. The van der Waals surface area contributed by atoms with Gasteiger partial charge >= 0.3 is 21.1 Å². The molecule has 2 aromatic rings. The van der Waals surface area contributed by atoms with Crippen LogP contribution in [0.1, 0.15) is 0 Å². The van der Waals surface area contributed by atoms with Crippen molar-refractivity contribution >= 4 is 11.0 Å². The van der Waals surface area contributed by atoms with Crippen molar-refractivity contribution in [3.8, 4) is 0 Å². The molecule has 1 aromatic heterocycles. The molecule has 82 valence electrons. The van der Waals surface area contributed by atoms with Crippen LogP contribution in [0.15, 0.2) is 36.7 Å². The maximum Gasteiger partial charge on any atom is 2.00 e. The van der Waals surface area contributed by atoms with E-state index in [1.165, 1.54) is 0 Å². The number of hydrogen-bond acceptors (Lipinski definition) is 2. The van der Waals surface area contributed by atoms with Gasteiger partial charge < -0.3 is 11.5 Å². The van der Waals surface area contributed by atoms with Crippen molar-refractivity contribution < 1.29 is 21.1 Å². The standard InChI is InChI=1S/C8H6N2.C2H6N2.Pt/c1-2-4-8-7(3-1)9-5-6-10-8;3-1-2-4;/h1-6H;3-4H,1-2H2;/q;-2;+2. The maximum atomic E-state index is 6.26. The second-order valence-electron chi connectivity index (χ2n) is 2.55. The van der Waals surface area contributed by atoms with E-state index >= 15 is 0 Å². The average molecular weight is 383 g/mol. The molecule has 0 bridgehead atoms. The Bertz CT molecular complexity index is 313. The summed E-state index contributed by atoms with van der Waals surface area (Å²) in [5.41, 5.74) is 14.4. The zero-order valence-electron chi connectivity index (χ0n) is 8.09. The van der Waals surface area contributed by atoms with Crippen molar-refractivity contribution in [3.05, 3.63) is 48.1 Å². The first kappa shape index (κ1) is 14.2. The molecule has 5 heteroatoms. The predicted molar refractivity (Wildman–Crippen MR) is 57.9 cm³/mol. The topological polar surface area (TPSA) is 73.4 Å². The van der Waals surface area contributed by atoms with Crippen LogP contribution in [0.2, 0.25) is 0 Å². The Morgan fingerprint density at radius 1 is 0.867 bits per heavy atom. The van der Waals surface area contributed by atoms with Gasteiger partial charge in [-0.25, -0.2) is 0 Å². The minimum Gasteiger partial charge on any atom is -0.679 e. The second-order valence-corrected chi connectivity index (χ2v) is 2.55. The van der Waals surface area contributed by atoms with Gasteiger partial charge in [-0.2, -0.15) is 13.1 Å². The minimum atomic E-state index is 0. The molecule has 0 fully saturated rings. The van der Waals surface area contributed by atoms with E-state index in [1.807, 2.05) is 24.3 Å². The van der Waals surface area contributed by atoms with Gasteiger partial charge in [0.05, 0.1) is 11.0 Å². The fourth-order valence-corrected chi connectivity index (χ4v) is 0.910. The Hall–Kier alpha value is -0.832. The van der Waals surface area contributed by atoms with Crippen LogP contribution >= 0.6 is 0 Å². The first-order valence-electron chi connectivity index (χ1n) is 4.33. The van der Waals surface area contributed by atoms with Crippen LogP contribution in [0.3, 0.4) is 0 Å². The summed E-state index contributed by atoms with van der Waals surface area (Å²) in [6.45, 7) is 0.472. The van der Waals surface area contributed by atoms with Crippen LogP contribution < -0.4 is 0 Å². The summed E-state index contributed by atoms with van der Waals surface area (Å²) in [4.78, 5) is 8.24. The Balaban J connectivity index is 0.000000346. The number of fused-ring (bicyclic) bond motifs is 1. The fourth-order valence-electron chi connectivity index (χ4n) is 0.910. The van der Waals surface area contributed by atoms with E-state index in [0.29, 0.717) is 0 Å². The molecule has 0 amide bonds. The SMILES string of the molecule is [NH-]CC[NH-].[Pt+2].c1ccc2nccnc2c1. The molecular formula is C10H12N4Pt. The van der Waals surface area contributed by atoms with E-state index < -0.39 is 0 Å². The van der Waals surface area contributed by atoms with Crippen molar-refractivity contribution in [1.29, 1.82) is 0 Å². The third-order valence-electron chi connectivity index (χ3n) is 1.50. The normalized spacial score (nSPS) is 8.67. The summed E-state index contributed by atoms with van der Waals surface area (Å²) < 4.78 is 0. The molecule has 0 aliphatic rings. The van der Waals surface area contributed by atoms with Crippen molar-refractivity contribution in [2.24, 2.45) is 0 Å². The van der Waals surface area contributed by atoms with Crippen molar-refractivity contribution in [1.82, 2.24) is 9.97 Å². The number of nitrogens with one attached hydrogen (secondary N) is 2. The molecule has 4 nitrogen and oxygen atoms in total. The summed E-state index contributed by atoms with van der Waals surface area (Å²) >= 11 is 0. The number of aromatic nitrogens is 2. The molecule has 0 saturated heterocycles. The van der Waals surface area contributed by atoms with E-state index in [2.05, 4.69) is 9.97 Å². The molecule has 0 atom stereocenters. The Labute approximate surface area is 103 Å². The minimum absolute atomic E-state index is 0. The van der Waals surface area contributed by atoms with E-state index in [1.54, 1.807) is 12.4 Å². The van der Waals surface area contributed by atoms with Crippen LogP contribution in [0.5, 0.6) is 0 Å². The zero-order valence-corrected chi connectivity index (χ0v) is 10.4. The average Bonchev–Trinajstić information content (AvgIpc) is 2.30. The van der Waals surface area contributed by atoms with Gasteiger partial charge in [-0.15, -0.1) is 0 Å². The molecule has 0 aliphatic heterocycles.